The lowest BCUT2D eigenvalue weighted by Crippen LogP contribution is -2.43. The summed E-state index contributed by atoms with van der Waals surface area (Å²) in [6.45, 7) is 2.23. The number of amides is 2. The van der Waals surface area contributed by atoms with Crippen molar-refractivity contribution in [3.05, 3.63) is 23.8 Å². The summed E-state index contributed by atoms with van der Waals surface area (Å²) in [4.78, 5) is 24.6. The maximum Gasteiger partial charge on any atom is 0.317 e. The van der Waals surface area contributed by atoms with Crippen molar-refractivity contribution < 1.29 is 24.2 Å². The van der Waals surface area contributed by atoms with E-state index in [2.05, 4.69) is 5.32 Å². The van der Waals surface area contributed by atoms with Gasteiger partial charge in [0.15, 0.2) is 0 Å². The van der Waals surface area contributed by atoms with E-state index < -0.39 is 11.9 Å². The van der Waals surface area contributed by atoms with Crippen molar-refractivity contribution in [3.8, 4) is 11.5 Å². The van der Waals surface area contributed by atoms with Crippen molar-refractivity contribution in [2.24, 2.45) is 5.92 Å². The van der Waals surface area contributed by atoms with Crippen LogP contribution in [0.1, 0.15) is 24.9 Å². The Morgan fingerprint density at radius 1 is 1.52 bits per heavy atom. The van der Waals surface area contributed by atoms with Gasteiger partial charge in [-0.15, -0.1) is 0 Å². The summed E-state index contributed by atoms with van der Waals surface area (Å²) < 4.78 is 10.8. The number of nitrogens with one attached hydrogen (secondary N) is 1. The van der Waals surface area contributed by atoms with E-state index >= 15 is 0 Å². The van der Waals surface area contributed by atoms with Gasteiger partial charge in [-0.25, -0.2) is 4.79 Å². The molecule has 7 nitrogen and oxygen atoms in total. The predicted molar refractivity (Wildman–Crippen MR) is 83.8 cm³/mol. The zero-order chi connectivity index (χ0) is 17.0. The van der Waals surface area contributed by atoms with Gasteiger partial charge in [-0.3, -0.25) is 4.79 Å². The van der Waals surface area contributed by atoms with Gasteiger partial charge in [0.2, 0.25) is 0 Å². The van der Waals surface area contributed by atoms with Crippen LogP contribution < -0.4 is 14.8 Å². The molecule has 23 heavy (non-hydrogen) atoms. The molecule has 2 N–H and O–H groups in total. The number of carboxylic acids is 1. The molecule has 1 aromatic carbocycles. The molecule has 1 aliphatic heterocycles. The summed E-state index contributed by atoms with van der Waals surface area (Å²) >= 11 is 0. The molecule has 2 rings (SSSR count). The van der Waals surface area contributed by atoms with Crippen molar-refractivity contribution in [3.63, 3.8) is 0 Å². The van der Waals surface area contributed by atoms with E-state index in [1.54, 1.807) is 21.1 Å². The molecule has 0 spiro atoms. The largest absolute Gasteiger partial charge is 0.497 e. The molecular formula is C16H22N2O5. The minimum absolute atomic E-state index is 0.148. The lowest BCUT2D eigenvalue weighted by molar-refractivity contribution is -0.141. The molecule has 126 valence electrons. The van der Waals surface area contributed by atoms with E-state index in [4.69, 9.17) is 14.6 Å². The molecule has 0 fully saturated rings. The van der Waals surface area contributed by atoms with Gasteiger partial charge in [0.05, 0.1) is 25.7 Å². The smallest absolute Gasteiger partial charge is 0.317 e. The number of carboxylic acid groups (broad SMARTS) is 1. The molecular weight excluding hydrogens is 300 g/mol. The first-order chi connectivity index (χ1) is 10.9. The number of ether oxygens (including phenoxy) is 2. The number of methoxy groups -OCH3 is 1. The minimum Gasteiger partial charge on any atom is -0.497 e. The van der Waals surface area contributed by atoms with Crippen LogP contribution >= 0.6 is 0 Å². The topological polar surface area (TPSA) is 88.1 Å². The molecule has 0 radical (unpaired) electrons. The number of aliphatic carboxylic acids is 1. The Hall–Kier alpha value is -2.44. The molecule has 2 amide bonds. The Kier molecular flexibility index (Phi) is 5.31. The third kappa shape index (κ3) is 4.06. The summed E-state index contributed by atoms with van der Waals surface area (Å²) in [6, 6.07) is 4.98. The third-order valence-corrected chi connectivity index (χ3v) is 3.87. The van der Waals surface area contributed by atoms with Crippen molar-refractivity contribution in [2.75, 3.05) is 27.3 Å². The van der Waals surface area contributed by atoms with Gasteiger partial charge in [0.25, 0.3) is 0 Å². The van der Waals surface area contributed by atoms with Crippen LogP contribution in [0.5, 0.6) is 11.5 Å². The number of hydrogen-bond donors (Lipinski definition) is 2. The second kappa shape index (κ2) is 7.21. The van der Waals surface area contributed by atoms with Crippen LogP contribution in [0.3, 0.4) is 0 Å². The quantitative estimate of drug-likeness (QED) is 0.864. The molecule has 0 bridgehead atoms. The molecule has 0 saturated carbocycles. The van der Waals surface area contributed by atoms with E-state index in [9.17, 15) is 9.59 Å². The van der Waals surface area contributed by atoms with Crippen LogP contribution in [-0.2, 0) is 4.79 Å². The second-order valence-electron chi connectivity index (χ2n) is 5.66. The normalized spacial score (nSPS) is 17.4. The highest BCUT2D eigenvalue weighted by Crippen LogP contribution is 2.34. The molecule has 2 atom stereocenters. The summed E-state index contributed by atoms with van der Waals surface area (Å²) in [6.07, 6.45) is 0.647. The SMILES string of the molecule is COc1ccc2c(c1)[C@@H](NC(=O)N(C)CC(C)C(=O)O)CCO2. The highest BCUT2D eigenvalue weighted by Gasteiger charge is 2.25. The highest BCUT2D eigenvalue weighted by atomic mass is 16.5. The molecule has 0 aromatic heterocycles. The first-order valence-corrected chi connectivity index (χ1v) is 7.47. The number of fused-ring (bicyclic) bond motifs is 1. The first-order valence-electron chi connectivity index (χ1n) is 7.47. The fourth-order valence-corrected chi connectivity index (χ4v) is 2.48. The Bertz CT molecular complexity index is 590. The van der Waals surface area contributed by atoms with Crippen molar-refractivity contribution in [2.45, 2.75) is 19.4 Å². The molecule has 1 unspecified atom stereocenters. The Balaban J connectivity index is 2.06. The number of carbonyl (C=O) groups is 2. The van der Waals surface area contributed by atoms with Crippen LogP contribution in [0.4, 0.5) is 4.79 Å². The van der Waals surface area contributed by atoms with E-state index in [0.717, 1.165) is 11.3 Å². The summed E-state index contributed by atoms with van der Waals surface area (Å²) in [7, 11) is 3.17. The molecule has 7 heteroatoms. The lowest BCUT2D eigenvalue weighted by atomic mass is 10.0. The fraction of sp³-hybridized carbons (Fsp3) is 0.500. The van der Waals surface area contributed by atoms with Gasteiger partial charge in [-0.05, 0) is 18.2 Å². The van der Waals surface area contributed by atoms with Gasteiger partial charge < -0.3 is 24.8 Å². The van der Waals surface area contributed by atoms with Gasteiger partial charge in [-0.1, -0.05) is 6.92 Å². The van der Waals surface area contributed by atoms with E-state index in [1.165, 1.54) is 4.90 Å². The number of carbonyl (C=O) groups excluding carboxylic acids is 1. The molecule has 1 aromatic rings. The minimum atomic E-state index is -0.925. The number of hydrogen-bond acceptors (Lipinski definition) is 4. The average molecular weight is 322 g/mol. The maximum atomic E-state index is 12.3. The standard InChI is InChI=1S/C16H22N2O5/c1-10(15(19)20)9-18(2)16(21)17-13-6-7-23-14-5-4-11(22-3)8-12(13)14/h4-5,8,10,13H,6-7,9H2,1-3H3,(H,17,21)(H,19,20)/t10?,13-/m0/s1. The van der Waals surface area contributed by atoms with Gasteiger partial charge in [0, 0.05) is 25.6 Å². The van der Waals surface area contributed by atoms with E-state index in [-0.39, 0.29) is 18.6 Å². The first kappa shape index (κ1) is 16.9. The Morgan fingerprint density at radius 2 is 2.26 bits per heavy atom. The van der Waals surface area contributed by atoms with Crippen LogP contribution in [0.25, 0.3) is 0 Å². The van der Waals surface area contributed by atoms with E-state index in [0.29, 0.717) is 18.8 Å². The number of nitrogens with zero attached hydrogens (tertiary/aromatic N) is 1. The number of urea groups is 1. The Morgan fingerprint density at radius 3 is 2.91 bits per heavy atom. The zero-order valence-electron chi connectivity index (χ0n) is 13.5. The number of rotatable bonds is 5. The van der Waals surface area contributed by atoms with Crippen LogP contribution in [0.2, 0.25) is 0 Å². The van der Waals surface area contributed by atoms with Crippen LogP contribution in [0.15, 0.2) is 18.2 Å². The van der Waals surface area contributed by atoms with Gasteiger partial charge >= 0.3 is 12.0 Å². The lowest BCUT2D eigenvalue weighted by Gasteiger charge is -2.29. The molecule has 0 saturated heterocycles. The zero-order valence-corrected chi connectivity index (χ0v) is 13.5. The second-order valence-corrected chi connectivity index (χ2v) is 5.66. The van der Waals surface area contributed by atoms with Crippen molar-refractivity contribution >= 4 is 12.0 Å². The van der Waals surface area contributed by atoms with Crippen molar-refractivity contribution in [1.82, 2.24) is 10.2 Å². The molecule has 1 aliphatic rings. The van der Waals surface area contributed by atoms with Gasteiger partial charge in [0.1, 0.15) is 11.5 Å². The predicted octanol–water partition coefficient (Wildman–Crippen LogP) is 1.88. The summed E-state index contributed by atoms with van der Waals surface area (Å²) in [5.41, 5.74) is 0.864. The monoisotopic (exact) mass is 322 g/mol. The highest BCUT2D eigenvalue weighted by molar-refractivity contribution is 5.76. The summed E-state index contributed by atoms with van der Waals surface area (Å²) in [5, 5.41) is 11.9. The van der Waals surface area contributed by atoms with Crippen LogP contribution in [0, 0.1) is 5.92 Å². The van der Waals surface area contributed by atoms with Crippen LogP contribution in [-0.4, -0.2) is 49.3 Å². The maximum absolute atomic E-state index is 12.3. The van der Waals surface area contributed by atoms with Crippen molar-refractivity contribution in [1.29, 1.82) is 0 Å². The fourth-order valence-electron chi connectivity index (χ4n) is 2.48. The van der Waals surface area contributed by atoms with E-state index in [1.807, 2.05) is 18.2 Å². The molecule has 1 heterocycles. The van der Waals surface area contributed by atoms with Gasteiger partial charge in [-0.2, -0.15) is 0 Å². The molecule has 0 aliphatic carbocycles. The third-order valence-electron chi connectivity index (χ3n) is 3.87. The number of benzene rings is 1. The average Bonchev–Trinajstić information content (AvgIpc) is 2.54. The summed E-state index contributed by atoms with van der Waals surface area (Å²) in [5.74, 6) is -0.121. The Labute approximate surface area is 135 Å².